The highest BCUT2D eigenvalue weighted by atomic mass is 32.2. The van der Waals surface area contributed by atoms with Crippen molar-refractivity contribution in [1.29, 1.82) is 0 Å². The first kappa shape index (κ1) is 11.9. The van der Waals surface area contributed by atoms with Crippen LogP contribution in [-0.2, 0) is 4.79 Å². The van der Waals surface area contributed by atoms with E-state index in [1.165, 1.54) is 0 Å². The number of hydrogen-bond acceptors (Lipinski definition) is 3. The largest absolute Gasteiger partial charge is 0.480 e. The van der Waals surface area contributed by atoms with Gasteiger partial charge in [0.25, 0.3) is 0 Å². The summed E-state index contributed by atoms with van der Waals surface area (Å²) in [4.78, 5) is 13.4. The van der Waals surface area contributed by atoms with E-state index in [4.69, 9.17) is 0 Å². The highest BCUT2D eigenvalue weighted by molar-refractivity contribution is 7.99. The molecule has 1 aliphatic heterocycles. The van der Waals surface area contributed by atoms with Crippen LogP contribution >= 0.6 is 11.8 Å². The Morgan fingerprint density at radius 1 is 1.57 bits per heavy atom. The molecule has 0 aromatic heterocycles. The molecule has 3 nitrogen and oxygen atoms in total. The molecule has 1 aliphatic rings. The lowest BCUT2D eigenvalue weighted by molar-refractivity contribution is -0.151. The van der Waals surface area contributed by atoms with Crippen LogP contribution in [0.25, 0.3) is 0 Å². The van der Waals surface area contributed by atoms with E-state index in [0.717, 1.165) is 24.3 Å². The summed E-state index contributed by atoms with van der Waals surface area (Å²) >= 11 is 1.75. The molecular weight excluding hydrogens is 198 g/mol. The van der Waals surface area contributed by atoms with Crippen molar-refractivity contribution in [2.75, 3.05) is 18.6 Å². The van der Waals surface area contributed by atoms with Crippen LogP contribution in [0.4, 0.5) is 0 Å². The van der Waals surface area contributed by atoms with Crippen LogP contribution in [0.15, 0.2) is 0 Å². The van der Waals surface area contributed by atoms with Crippen molar-refractivity contribution in [3.05, 3.63) is 0 Å². The molecule has 1 N–H and O–H groups in total. The molecule has 4 heteroatoms. The molecule has 0 amide bonds. The number of aliphatic carboxylic acids is 1. The van der Waals surface area contributed by atoms with Crippen molar-refractivity contribution < 1.29 is 9.90 Å². The first-order valence-corrected chi connectivity index (χ1v) is 6.20. The van der Waals surface area contributed by atoms with Gasteiger partial charge in [0.2, 0.25) is 0 Å². The van der Waals surface area contributed by atoms with Gasteiger partial charge in [-0.3, -0.25) is 9.69 Å². The van der Waals surface area contributed by atoms with Crippen molar-refractivity contribution in [2.24, 2.45) is 0 Å². The maximum atomic E-state index is 11.4. The van der Waals surface area contributed by atoms with E-state index in [-0.39, 0.29) is 6.04 Å². The molecular formula is C10H19NO2S. The molecule has 0 bridgehead atoms. The fraction of sp³-hybridized carbons (Fsp3) is 0.900. The smallest absolute Gasteiger partial charge is 0.324 e. The molecule has 1 fully saturated rings. The Morgan fingerprint density at radius 2 is 2.21 bits per heavy atom. The van der Waals surface area contributed by atoms with Gasteiger partial charge in [-0.15, -0.1) is 0 Å². The van der Waals surface area contributed by atoms with Gasteiger partial charge in [-0.1, -0.05) is 0 Å². The van der Waals surface area contributed by atoms with Crippen LogP contribution in [0.1, 0.15) is 26.7 Å². The second-order valence-electron chi connectivity index (χ2n) is 4.20. The van der Waals surface area contributed by atoms with E-state index < -0.39 is 11.5 Å². The summed E-state index contributed by atoms with van der Waals surface area (Å²) in [5.41, 5.74) is -0.628. The molecule has 14 heavy (non-hydrogen) atoms. The zero-order valence-electron chi connectivity index (χ0n) is 9.12. The second kappa shape index (κ2) is 4.53. The molecule has 0 radical (unpaired) electrons. The summed E-state index contributed by atoms with van der Waals surface area (Å²) in [5, 5.41) is 9.35. The van der Waals surface area contributed by atoms with E-state index in [2.05, 4.69) is 0 Å². The van der Waals surface area contributed by atoms with E-state index >= 15 is 0 Å². The summed E-state index contributed by atoms with van der Waals surface area (Å²) < 4.78 is 0. The molecule has 0 aliphatic carbocycles. The van der Waals surface area contributed by atoms with E-state index in [1.807, 2.05) is 25.8 Å². The number of carboxylic acid groups (broad SMARTS) is 1. The predicted octanol–water partition coefficient (Wildman–Crippen LogP) is 1.68. The molecule has 1 atom stereocenters. The molecule has 1 rings (SSSR count). The Hall–Kier alpha value is -0.220. The SMILES string of the molecule is CC(C)N(C)C1(C(=O)O)CCCSC1. The highest BCUT2D eigenvalue weighted by Gasteiger charge is 2.44. The highest BCUT2D eigenvalue weighted by Crippen LogP contribution is 2.32. The summed E-state index contributed by atoms with van der Waals surface area (Å²) in [6, 6.07) is 0.282. The van der Waals surface area contributed by atoms with Gasteiger partial charge in [0.15, 0.2) is 0 Å². The Kier molecular flexibility index (Phi) is 3.84. The Bertz CT molecular complexity index is 212. The zero-order chi connectivity index (χ0) is 10.8. The Balaban J connectivity index is 2.85. The predicted molar refractivity (Wildman–Crippen MR) is 59.8 cm³/mol. The Labute approximate surface area is 89.9 Å². The first-order valence-electron chi connectivity index (χ1n) is 5.05. The number of thioether (sulfide) groups is 1. The van der Waals surface area contributed by atoms with Gasteiger partial charge in [0.1, 0.15) is 5.54 Å². The molecule has 82 valence electrons. The zero-order valence-corrected chi connectivity index (χ0v) is 9.93. The Morgan fingerprint density at radius 3 is 2.57 bits per heavy atom. The molecule has 1 saturated heterocycles. The molecule has 0 spiro atoms. The minimum atomic E-state index is -0.666. The first-order chi connectivity index (χ1) is 6.50. The summed E-state index contributed by atoms with van der Waals surface area (Å²) in [6.07, 6.45) is 1.79. The van der Waals surface area contributed by atoms with Crippen molar-refractivity contribution in [3.63, 3.8) is 0 Å². The quantitative estimate of drug-likeness (QED) is 0.781. The second-order valence-corrected chi connectivity index (χ2v) is 5.30. The van der Waals surface area contributed by atoms with Crippen molar-refractivity contribution in [3.8, 4) is 0 Å². The standard InChI is InChI=1S/C10H19NO2S/c1-8(2)11(3)10(9(12)13)5-4-6-14-7-10/h8H,4-7H2,1-3H3,(H,12,13). The topological polar surface area (TPSA) is 40.5 Å². The number of rotatable bonds is 3. The lowest BCUT2D eigenvalue weighted by atomic mass is 9.92. The van der Waals surface area contributed by atoms with Gasteiger partial charge in [-0.25, -0.2) is 0 Å². The van der Waals surface area contributed by atoms with Gasteiger partial charge in [0.05, 0.1) is 0 Å². The molecule has 1 heterocycles. The van der Waals surface area contributed by atoms with Crippen LogP contribution in [0.5, 0.6) is 0 Å². The number of hydrogen-bond donors (Lipinski definition) is 1. The van der Waals surface area contributed by atoms with E-state index in [1.54, 1.807) is 11.8 Å². The van der Waals surface area contributed by atoms with Crippen molar-refractivity contribution >= 4 is 17.7 Å². The monoisotopic (exact) mass is 217 g/mol. The molecule has 0 saturated carbocycles. The van der Waals surface area contributed by atoms with Gasteiger partial charge in [0, 0.05) is 11.8 Å². The van der Waals surface area contributed by atoms with Gasteiger partial charge in [-0.2, -0.15) is 11.8 Å². The molecule has 0 aromatic rings. The van der Waals surface area contributed by atoms with Crippen LogP contribution in [0, 0.1) is 0 Å². The molecule has 0 aromatic carbocycles. The number of nitrogens with zero attached hydrogens (tertiary/aromatic N) is 1. The average Bonchev–Trinajstić information content (AvgIpc) is 2.17. The maximum Gasteiger partial charge on any atom is 0.324 e. The fourth-order valence-electron chi connectivity index (χ4n) is 1.87. The number of likely N-dealkylation sites (N-methyl/N-ethyl adjacent to an activating group) is 1. The minimum absolute atomic E-state index is 0.282. The third-order valence-electron chi connectivity index (χ3n) is 3.07. The van der Waals surface area contributed by atoms with E-state index in [9.17, 15) is 9.90 Å². The van der Waals surface area contributed by atoms with E-state index in [0.29, 0.717) is 0 Å². The lowest BCUT2D eigenvalue weighted by Crippen LogP contribution is -2.58. The average molecular weight is 217 g/mol. The summed E-state index contributed by atoms with van der Waals surface area (Å²) in [6.45, 7) is 4.09. The third-order valence-corrected chi connectivity index (χ3v) is 4.33. The summed E-state index contributed by atoms with van der Waals surface area (Å²) in [7, 11) is 1.92. The normalized spacial score (nSPS) is 28.4. The van der Waals surface area contributed by atoms with Gasteiger partial charge < -0.3 is 5.11 Å². The van der Waals surface area contributed by atoms with Crippen LogP contribution in [-0.4, -0.2) is 46.1 Å². The van der Waals surface area contributed by atoms with Crippen LogP contribution in [0.3, 0.4) is 0 Å². The van der Waals surface area contributed by atoms with Crippen molar-refractivity contribution in [1.82, 2.24) is 4.90 Å². The number of carboxylic acids is 1. The fourth-order valence-corrected chi connectivity index (χ4v) is 3.17. The van der Waals surface area contributed by atoms with Gasteiger partial charge >= 0.3 is 5.97 Å². The summed E-state index contributed by atoms with van der Waals surface area (Å²) in [5.74, 6) is 1.15. The minimum Gasteiger partial charge on any atom is -0.480 e. The van der Waals surface area contributed by atoms with Gasteiger partial charge in [-0.05, 0) is 39.5 Å². The third kappa shape index (κ3) is 2.06. The maximum absolute atomic E-state index is 11.4. The van der Waals surface area contributed by atoms with Crippen molar-refractivity contribution in [2.45, 2.75) is 38.3 Å². The van der Waals surface area contributed by atoms with Crippen LogP contribution < -0.4 is 0 Å². The molecule has 1 unspecified atom stereocenters. The lowest BCUT2D eigenvalue weighted by Gasteiger charge is -2.42. The number of carbonyl (C=O) groups is 1. The van der Waals surface area contributed by atoms with Crippen LogP contribution in [0.2, 0.25) is 0 Å².